The molecule has 0 saturated heterocycles. The number of nitrogens with one attached hydrogen (secondary N) is 1. The molecule has 3 rings (SSSR count). The highest BCUT2D eigenvalue weighted by Gasteiger charge is 2.12. The molecule has 0 unspecified atom stereocenters. The summed E-state index contributed by atoms with van der Waals surface area (Å²) < 4.78 is 5.14. The molecule has 0 bridgehead atoms. The van der Waals surface area contributed by atoms with Gasteiger partial charge in [0.05, 0.1) is 5.56 Å². The van der Waals surface area contributed by atoms with Crippen LogP contribution in [0.5, 0.6) is 0 Å². The highest BCUT2D eigenvalue weighted by molar-refractivity contribution is 7.09. The Bertz CT molecular complexity index is 837. The van der Waals surface area contributed by atoms with Gasteiger partial charge in [0.2, 0.25) is 0 Å². The van der Waals surface area contributed by atoms with E-state index >= 15 is 0 Å². The van der Waals surface area contributed by atoms with Crippen LogP contribution in [-0.2, 0) is 16.0 Å². The van der Waals surface area contributed by atoms with E-state index in [1.165, 1.54) is 4.88 Å². The van der Waals surface area contributed by atoms with Crippen LogP contribution in [0.3, 0.4) is 0 Å². The number of thiophene rings is 1. The van der Waals surface area contributed by atoms with E-state index in [4.69, 9.17) is 4.74 Å². The average molecular weight is 339 g/mol. The smallest absolute Gasteiger partial charge is 0.339 e. The minimum absolute atomic E-state index is 0.271. The van der Waals surface area contributed by atoms with Gasteiger partial charge in [0.1, 0.15) is 0 Å². The molecule has 1 N–H and O–H groups in total. The number of hydrogen-bond acceptors (Lipinski definition) is 4. The van der Waals surface area contributed by atoms with Gasteiger partial charge in [0, 0.05) is 11.4 Å². The normalized spacial score (nSPS) is 10.5. The maximum atomic E-state index is 12.2. The fourth-order valence-electron chi connectivity index (χ4n) is 2.44. The van der Waals surface area contributed by atoms with E-state index in [-0.39, 0.29) is 12.5 Å². The third-order valence-corrected chi connectivity index (χ3v) is 4.55. The van der Waals surface area contributed by atoms with E-state index in [2.05, 4.69) is 5.32 Å². The van der Waals surface area contributed by atoms with Crippen LogP contribution in [-0.4, -0.2) is 25.0 Å². The Morgan fingerprint density at radius 1 is 1.00 bits per heavy atom. The van der Waals surface area contributed by atoms with Crippen molar-refractivity contribution in [3.63, 3.8) is 0 Å². The fraction of sp³-hybridized carbons (Fsp3) is 0.158. The Labute approximate surface area is 144 Å². The van der Waals surface area contributed by atoms with Gasteiger partial charge in [-0.1, -0.05) is 42.5 Å². The van der Waals surface area contributed by atoms with E-state index < -0.39 is 5.97 Å². The molecule has 122 valence electrons. The molecule has 3 aromatic rings. The van der Waals surface area contributed by atoms with Crippen molar-refractivity contribution in [1.82, 2.24) is 5.32 Å². The lowest BCUT2D eigenvalue weighted by Crippen LogP contribution is -2.30. The number of amides is 1. The van der Waals surface area contributed by atoms with Crippen molar-refractivity contribution in [3.8, 4) is 0 Å². The molecule has 4 nitrogen and oxygen atoms in total. The fourth-order valence-corrected chi connectivity index (χ4v) is 3.15. The number of hydrogen-bond donors (Lipinski definition) is 1. The molecule has 1 amide bonds. The first-order valence-electron chi connectivity index (χ1n) is 7.68. The van der Waals surface area contributed by atoms with Crippen LogP contribution in [0.2, 0.25) is 0 Å². The lowest BCUT2D eigenvalue weighted by atomic mass is 10.1. The first-order chi connectivity index (χ1) is 11.7. The molecular formula is C19H17NO3S. The van der Waals surface area contributed by atoms with Gasteiger partial charge in [-0.25, -0.2) is 4.79 Å². The maximum absolute atomic E-state index is 12.2. The topological polar surface area (TPSA) is 55.4 Å². The predicted octanol–water partition coefficient (Wildman–Crippen LogP) is 3.42. The molecule has 0 saturated carbocycles. The summed E-state index contributed by atoms with van der Waals surface area (Å²) in [5.41, 5.74) is 0.472. The van der Waals surface area contributed by atoms with Gasteiger partial charge >= 0.3 is 5.97 Å². The Kier molecular flexibility index (Phi) is 5.23. The van der Waals surface area contributed by atoms with E-state index in [0.717, 1.165) is 17.2 Å². The van der Waals surface area contributed by atoms with Gasteiger partial charge in [-0.2, -0.15) is 0 Å². The summed E-state index contributed by atoms with van der Waals surface area (Å²) in [5, 5.41) is 6.55. The van der Waals surface area contributed by atoms with Gasteiger partial charge in [-0.05, 0) is 34.7 Å². The molecule has 0 fully saturated rings. The SMILES string of the molecule is O=C(COC(=O)c1cccc2ccccc12)NCCc1cccs1. The summed E-state index contributed by atoms with van der Waals surface area (Å²) in [6.07, 6.45) is 0.778. The summed E-state index contributed by atoms with van der Waals surface area (Å²) in [5.74, 6) is -0.777. The molecule has 0 atom stereocenters. The van der Waals surface area contributed by atoms with Crippen molar-refractivity contribution in [3.05, 3.63) is 70.4 Å². The highest BCUT2D eigenvalue weighted by Crippen LogP contribution is 2.19. The summed E-state index contributed by atoms with van der Waals surface area (Å²) in [6.45, 7) is 0.262. The van der Waals surface area contributed by atoms with Gasteiger partial charge in [0.25, 0.3) is 5.91 Å². The largest absolute Gasteiger partial charge is 0.452 e. The third-order valence-electron chi connectivity index (χ3n) is 3.62. The molecule has 0 aliphatic rings. The molecule has 0 radical (unpaired) electrons. The average Bonchev–Trinajstić information content (AvgIpc) is 3.12. The molecule has 1 heterocycles. The maximum Gasteiger partial charge on any atom is 0.339 e. The molecule has 0 aliphatic heterocycles. The van der Waals surface area contributed by atoms with E-state index in [1.54, 1.807) is 23.5 Å². The van der Waals surface area contributed by atoms with Crippen LogP contribution in [0.15, 0.2) is 60.0 Å². The lowest BCUT2D eigenvalue weighted by Gasteiger charge is -2.08. The van der Waals surface area contributed by atoms with Crippen LogP contribution < -0.4 is 5.32 Å². The summed E-state index contributed by atoms with van der Waals surface area (Å²) in [4.78, 5) is 25.2. The van der Waals surface area contributed by atoms with Gasteiger partial charge in [-0.15, -0.1) is 11.3 Å². The molecule has 5 heteroatoms. The van der Waals surface area contributed by atoms with Crippen molar-refractivity contribution in [1.29, 1.82) is 0 Å². The van der Waals surface area contributed by atoms with Crippen molar-refractivity contribution in [2.75, 3.05) is 13.2 Å². The Hall–Kier alpha value is -2.66. The van der Waals surface area contributed by atoms with Gasteiger partial charge in [0.15, 0.2) is 6.61 Å². The number of carbonyl (C=O) groups is 2. The van der Waals surface area contributed by atoms with Crippen LogP contribution in [0.25, 0.3) is 10.8 Å². The van der Waals surface area contributed by atoms with Crippen LogP contribution >= 0.6 is 11.3 Å². The lowest BCUT2D eigenvalue weighted by molar-refractivity contribution is -0.124. The molecule has 1 aromatic heterocycles. The Morgan fingerprint density at radius 3 is 2.67 bits per heavy atom. The summed E-state index contributed by atoms with van der Waals surface area (Å²) >= 11 is 1.65. The number of benzene rings is 2. The third kappa shape index (κ3) is 4.00. The summed E-state index contributed by atoms with van der Waals surface area (Å²) in [6, 6.07) is 17.0. The number of fused-ring (bicyclic) bond motifs is 1. The van der Waals surface area contributed by atoms with Crippen molar-refractivity contribution in [2.45, 2.75) is 6.42 Å². The highest BCUT2D eigenvalue weighted by atomic mass is 32.1. The number of rotatable bonds is 6. The number of ether oxygens (including phenoxy) is 1. The molecule has 0 spiro atoms. The van der Waals surface area contributed by atoms with E-state index in [0.29, 0.717) is 12.1 Å². The molecule has 0 aliphatic carbocycles. The van der Waals surface area contributed by atoms with E-state index in [9.17, 15) is 9.59 Å². The second-order valence-electron chi connectivity index (χ2n) is 5.28. The zero-order valence-corrected chi connectivity index (χ0v) is 13.8. The van der Waals surface area contributed by atoms with Crippen LogP contribution in [0.1, 0.15) is 15.2 Å². The monoisotopic (exact) mass is 339 g/mol. The molecule has 24 heavy (non-hydrogen) atoms. The standard InChI is InChI=1S/C19H17NO3S/c21-18(20-11-10-15-7-4-12-24-15)13-23-19(22)17-9-3-6-14-5-1-2-8-16(14)17/h1-9,12H,10-11,13H2,(H,20,21). The second kappa shape index (κ2) is 7.75. The molecule has 2 aromatic carbocycles. The quantitative estimate of drug-likeness (QED) is 0.700. The zero-order chi connectivity index (χ0) is 16.8. The van der Waals surface area contributed by atoms with Gasteiger partial charge in [-0.3, -0.25) is 4.79 Å². The Morgan fingerprint density at radius 2 is 1.83 bits per heavy atom. The summed E-state index contributed by atoms with van der Waals surface area (Å²) in [7, 11) is 0. The molecular weight excluding hydrogens is 322 g/mol. The van der Waals surface area contributed by atoms with Gasteiger partial charge < -0.3 is 10.1 Å². The van der Waals surface area contributed by atoms with Crippen LogP contribution in [0, 0.1) is 0 Å². The van der Waals surface area contributed by atoms with Crippen molar-refractivity contribution in [2.24, 2.45) is 0 Å². The number of esters is 1. The first kappa shape index (κ1) is 16.2. The number of carbonyl (C=O) groups excluding carboxylic acids is 2. The van der Waals surface area contributed by atoms with Crippen molar-refractivity contribution >= 4 is 34.0 Å². The Balaban J connectivity index is 1.52. The first-order valence-corrected chi connectivity index (χ1v) is 8.56. The van der Waals surface area contributed by atoms with Crippen molar-refractivity contribution < 1.29 is 14.3 Å². The van der Waals surface area contributed by atoms with Crippen LogP contribution in [0.4, 0.5) is 0 Å². The van der Waals surface area contributed by atoms with E-state index in [1.807, 2.05) is 47.8 Å². The zero-order valence-electron chi connectivity index (χ0n) is 13.0. The minimum Gasteiger partial charge on any atom is -0.452 e. The minimum atomic E-state index is -0.486. The second-order valence-corrected chi connectivity index (χ2v) is 6.31. The predicted molar refractivity (Wildman–Crippen MR) is 95.3 cm³/mol.